The molecule has 0 atom stereocenters. The number of hydrogen-bond acceptors (Lipinski definition) is 3. The maximum absolute atomic E-state index is 13.1. The second-order valence-corrected chi connectivity index (χ2v) is 7.79. The maximum Gasteiger partial charge on any atom is 0.123 e. The zero-order valence-electron chi connectivity index (χ0n) is 15.5. The van der Waals surface area contributed by atoms with Crippen molar-refractivity contribution in [1.29, 1.82) is 0 Å². The number of nitrogens with zero attached hydrogens (tertiary/aromatic N) is 2. The summed E-state index contributed by atoms with van der Waals surface area (Å²) in [6.45, 7) is 2.31. The van der Waals surface area contributed by atoms with Gasteiger partial charge in [-0.15, -0.1) is 0 Å². The molecule has 28 heavy (non-hydrogen) atoms. The number of rotatable bonds is 4. The molecule has 0 spiro atoms. The summed E-state index contributed by atoms with van der Waals surface area (Å²) in [6, 6.07) is 18.0. The first-order valence-electron chi connectivity index (χ1n) is 9.43. The predicted molar refractivity (Wildman–Crippen MR) is 109 cm³/mol. The quantitative estimate of drug-likeness (QED) is 0.672. The Morgan fingerprint density at radius 3 is 2.32 bits per heavy atom. The summed E-state index contributed by atoms with van der Waals surface area (Å²) in [4.78, 5) is 6.79. The van der Waals surface area contributed by atoms with E-state index >= 15 is 0 Å². The second-order valence-electron chi connectivity index (χ2n) is 7.36. The monoisotopic (exact) mass is 396 g/mol. The van der Waals surface area contributed by atoms with Crippen LogP contribution in [0.15, 0.2) is 66.9 Å². The summed E-state index contributed by atoms with van der Waals surface area (Å²) in [5.41, 5.74) is 3.09. The fraction of sp³-hybridized carbons (Fsp3) is 0.261. The SMILES string of the molecule is OC1(c2ccc(Cl)cc2)CCN(Cc2cc(-c3ccc(F)cc3)ccn2)CC1. The van der Waals surface area contributed by atoms with E-state index in [1.54, 1.807) is 18.3 Å². The third kappa shape index (κ3) is 4.25. The highest BCUT2D eigenvalue weighted by molar-refractivity contribution is 6.30. The number of hydrogen-bond donors (Lipinski definition) is 1. The van der Waals surface area contributed by atoms with Crippen molar-refractivity contribution in [3.8, 4) is 11.1 Å². The fourth-order valence-electron chi connectivity index (χ4n) is 3.75. The Hall–Kier alpha value is -2.27. The van der Waals surface area contributed by atoms with Crippen molar-refractivity contribution in [2.45, 2.75) is 25.0 Å². The lowest BCUT2D eigenvalue weighted by Gasteiger charge is -2.38. The van der Waals surface area contributed by atoms with Gasteiger partial charge in [0.25, 0.3) is 0 Å². The molecule has 144 valence electrons. The summed E-state index contributed by atoms with van der Waals surface area (Å²) in [6.07, 6.45) is 3.14. The molecule has 5 heteroatoms. The van der Waals surface area contributed by atoms with E-state index in [1.807, 2.05) is 36.4 Å². The predicted octanol–water partition coefficient (Wildman–Crippen LogP) is 5.02. The molecule has 1 fully saturated rings. The highest BCUT2D eigenvalue weighted by Crippen LogP contribution is 2.34. The van der Waals surface area contributed by atoms with Gasteiger partial charge in [-0.1, -0.05) is 35.9 Å². The van der Waals surface area contributed by atoms with E-state index in [9.17, 15) is 9.50 Å². The van der Waals surface area contributed by atoms with Crippen LogP contribution in [-0.4, -0.2) is 28.1 Å². The molecule has 2 heterocycles. The van der Waals surface area contributed by atoms with E-state index < -0.39 is 5.60 Å². The van der Waals surface area contributed by atoms with Gasteiger partial charge in [-0.25, -0.2) is 4.39 Å². The molecule has 3 aromatic rings. The zero-order valence-corrected chi connectivity index (χ0v) is 16.2. The molecule has 1 aliphatic heterocycles. The summed E-state index contributed by atoms with van der Waals surface area (Å²) in [5, 5.41) is 11.7. The van der Waals surface area contributed by atoms with Gasteiger partial charge in [-0.05, 0) is 65.9 Å². The maximum atomic E-state index is 13.1. The molecule has 1 N–H and O–H groups in total. The summed E-state index contributed by atoms with van der Waals surface area (Å²) in [5.74, 6) is -0.237. The summed E-state index contributed by atoms with van der Waals surface area (Å²) >= 11 is 5.96. The molecule has 0 bridgehead atoms. The first-order chi connectivity index (χ1) is 13.5. The van der Waals surface area contributed by atoms with Crippen LogP contribution in [0.3, 0.4) is 0 Å². The van der Waals surface area contributed by atoms with Gasteiger partial charge in [0.05, 0.1) is 11.3 Å². The first-order valence-corrected chi connectivity index (χ1v) is 9.81. The Kier molecular flexibility index (Phi) is 5.44. The van der Waals surface area contributed by atoms with E-state index in [1.165, 1.54) is 12.1 Å². The molecular formula is C23H22ClFN2O. The van der Waals surface area contributed by atoms with E-state index in [4.69, 9.17) is 11.6 Å². The molecular weight excluding hydrogens is 375 g/mol. The molecule has 0 radical (unpaired) electrons. The van der Waals surface area contributed by atoms with Crippen LogP contribution in [-0.2, 0) is 12.1 Å². The van der Waals surface area contributed by atoms with Gasteiger partial charge in [-0.2, -0.15) is 0 Å². The number of halogens is 2. The van der Waals surface area contributed by atoms with E-state index in [0.29, 0.717) is 17.9 Å². The number of aromatic nitrogens is 1. The Bertz CT molecular complexity index is 936. The molecule has 3 nitrogen and oxygen atoms in total. The van der Waals surface area contributed by atoms with Gasteiger partial charge in [0.1, 0.15) is 5.82 Å². The Labute approximate surface area is 169 Å². The largest absolute Gasteiger partial charge is 0.385 e. The lowest BCUT2D eigenvalue weighted by molar-refractivity contribution is -0.0279. The van der Waals surface area contributed by atoms with Crippen molar-refractivity contribution in [1.82, 2.24) is 9.88 Å². The molecule has 1 aromatic heterocycles. The third-order valence-corrected chi connectivity index (χ3v) is 5.70. The molecule has 1 saturated heterocycles. The highest BCUT2D eigenvalue weighted by atomic mass is 35.5. The van der Waals surface area contributed by atoms with Gasteiger partial charge in [-0.3, -0.25) is 9.88 Å². The number of aliphatic hydroxyl groups is 1. The molecule has 0 amide bonds. The highest BCUT2D eigenvalue weighted by Gasteiger charge is 2.33. The lowest BCUT2D eigenvalue weighted by atomic mass is 9.84. The Morgan fingerprint density at radius 1 is 0.964 bits per heavy atom. The topological polar surface area (TPSA) is 36.4 Å². The molecule has 1 aliphatic rings. The summed E-state index contributed by atoms with van der Waals surface area (Å²) in [7, 11) is 0. The molecule has 0 saturated carbocycles. The van der Waals surface area contributed by atoms with Crippen molar-refractivity contribution in [3.63, 3.8) is 0 Å². The molecule has 2 aromatic carbocycles. The minimum atomic E-state index is -0.801. The minimum absolute atomic E-state index is 0.237. The normalized spacial score (nSPS) is 16.8. The molecule has 4 rings (SSSR count). The first kappa shape index (κ1) is 19.1. The molecule has 0 unspecified atom stereocenters. The van der Waals surface area contributed by atoms with Crippen molar-refractivity contribution in [2.75, 3.05) is 13.1 Å². The van der Waals surface area contributed by atoms with Crippen LogP contribution >= 0.6 is 11.6 Å². The number of pyridine rings is 1. The average molecular weight is 397 g/mol. The van der Waals surface area contributed by atoms with E-state index in [0.717, 1.165) is 42.0 Å². The Balaban J connectivity index is 1.42. The van der Waals surface area contributed by atoms with Crippen molar-refractivity contribution in [3.05, 3.63) is 89.0 Å². The zero-order chi connectivity index (χ0) is 19.6. The van der Waals surface area contributed by atoms with Crippen LogP contribution < -0.4 is 0 Å². The van der Waals surface area contributed by atoms with Crippen LogP contribution in [0.4, 0.5) is 4.39 Å². The number of benzene rings is 2. The van der Waals surface area contributed by atoms with Crippen molar-refractivity contribution < 1.29 is 9.50 Å². The van der Waals surface area contributed by atoms with Gasteiger partial charge < -0.3 is 5.11 Å². The smallest absolute Gasteiger partial charge is 0.123 e. The van der Waals surface area contributed by atoms with Crippen LogP contribution in [0.5, 0.6) is 0 Å². The summed E-state index contributed by atoms with van der Waals surface area (Å²) < 4.78 is 13.1. The Morgan fingerprint density at radius 2 is 1.64 bits per heavy atom. The van der Waals surface area contributed by atoms with Gasteiger partial charge in [0.2, 0.25) is 0 Å². The lowest BCUT2D eigenvalue weighted by Crippen LogP contribution is -2.42. The standard InChI is InChI=1S/C23H22ClFN2O/c24-20-5-3-19(4-6-20)23(28)10-13-27(14-11-23)16-22-15-18(9-12-26-22)17-1-7-21(25)8-2-17/h1-9,12,15,28H,10-11,13-14,16H2. The van der Waals surface area contributed by atoms with Gasteiger partial charge in [0.15, 0.2) is 0 Å². The number of likely N-dealkylation sites (tertiary alicyclic amines) is 1. The average Bonchev–Trinajstić information content (AvgIpc) is 2.71. The van der Waals surface area contributed by atoms with E-state index in [2.05, 4.69) is 9.88 Å². The number of piperidine rings is 1. The fourth-order valence-corrected chi connectivity index (χ4v) is 3.87. The second kappa shape index (κ2) is 8.00. The van der Waals surface area contributed by atoms with Crippen molar-refractivity contribution in [2.24, 2.45) is 0 Å². The van der Waals surface area contributed by atoms with Gasteiger partial charge in [0, 0.05) is 30.9 Å². The van der Waals surface area contributed by atoms with Gasteiger partial charge >= 0.3 is 0 Å². The van der Waals surface area contributed by atoms with Crippen LogP contribution in [0.25, 0.3) is 11.1 Å². The minimum Gasteiger partial charge on any atom is -0.385 e. The van der Waals surface area contributed by atoms with Crippen LogP contribution in [0.2, 0.25) is 5.02 Å². The molecule has 0 aliphatic carbocycles. The van der Waals surface area contributed by atoms with E-state index in [-0.39, 0.29) is 5.82 Å². The van der Waals surface area contributed by atoms with Crippen molar-refractivity contribution >= 4 is 11.6 Å². The van der Waals surface area contributed by atoms with Crippen LogP contribution in [0.1, 0.15) is 24.1 Å². The third-order valence-electron chi connectivity index (χ3n) is 5.44. The van der Waals surface area contributed by atoms with Crippen LogP contribution in [0, 0.1) is 5.82 Å².